The lowest BCUT2D eigenvalue weighted by atomic mass is 10.1. The Kier molecular flexibility index (Phi) is 36.0. The van der Waals surface area contributed by atoms with E-state index >= 15 is 0 Å². The minimum atomic E-state index is -0.547. The van der Waals surface area contributed by atoms with Crippen LogP contribution in [-0.4, -0.2) is 30.2 Å². The molecule has 0 saturated heterocycles. The predicted molar refractivity (Wildman–Crippen MR) is 210 cm³/mol. The monoisotopic (exact) mass is 673 g/mol. The molecule has 0 bridgehead atoms. The maximum absolute atomic E-state index is 12.9. The molecule has 48 heavy (non-hydrogen) atoms. The van der Waals surface area contributed by atoms with Gasteiger partial charge < -0.3 is 16.4 Å². The number of unbranched alkanes of at least 4 members (excludes halogenated alkanes) is 23. The molecule has 5 N–H and O–H groups in total. The normalized spacial score (nSPS) is 12.2. The second-order valence-electron chi connectivity index (χ2n) is 14.1. The van der Waals surface area contributed by atoms with Gasteiger partial charge >= 0.3 is 0 Å². The van der Waals surface area contributed by atoms with Crippen molar-refractivity contribution in [3.8, 4) is 0 Å². The molecule has 6 heteroatoms. The van der Waals surface area contributed by atoms with Gasteiger partial charge in [-0.1, -0.05) is 147 Å². The van der Waals surface area contributed by atoms with E-state index in [4.69, 9.17) is 11.1 Å². The number of nitrogens with two attached hydrogens (primary N) is 1. The number of allylic oxidation sites excluding steroid dienone is 4. The highest BCUT2D eigenvalue weighted by atomic mass is 16.2. The van der Waals surface area contributed by atoms with Gasteiger partial charge in [-0.2, -0.15) is 0 Å². The molecular weight excluding hydrogens is 592 g/mol. The topological polar surface area (TPSA) is 108 Å². The van der Waals surface area contributed by atoms with Gasteiger partial charge in [0.1, 0.15) is 6.04 Å². The number of rotatable bonds is 37. The number of carbonyl (C=O) groups is 2. The molecule has 0 saturated carbocycles. The van der Waals surface area contributed by atoms with Crippen molar-refractivity contribution in [2.45, 2.75) is 219 Å². The van der Waals surface area contributed by atoms with Crippen LogP contribution in [0.4, 0.5) is 0 Å². The van der Waals surface area contributed by atoms with Crippen molar-refractivity contribution in [3.63, 3.8) is 0 Å². The lowest BCUT2D eigenvalue weighted by Crippen LogP contribution is -2.47. The van der Waals surface area contributed by atoms with E-state index in [1.165, 1.54) is 135 Å². The summed E-state index contributed by atoms with van der Waals surface area (Å²) in [7, 11) is 0. The smallest absolute Gasteiger partial charge is 0.242 e. The van der Waals surface area contributed by atoms with Gasteiger partial charge in [-0.05, 0) is 77.0 Å². The van der Waals surface area contributed by atoms with E-state index in [-0.39, 0.29) is 17.6 Å². The predicted octanol–water partition coefficient (Wildman–Crippen LogP) is 11.8. The van der Waals surface area contributed by atoms with Crippen molar-refractivity contribution in [1.82, 2.24) is 10.6 Å². The fourth-order valence-corrected chi connectivity index (χ4v) is 6.10. The number of amidine groups is 1. The van der Waals surface area contributed by atoms with Crippen LogP contribution in [0, 0.1) is 5.41 Å². The van der Waals surface area contributed by atoms with Crippen LogP contribution in [-0.2, 0) is 9.59 Å². The SMILES string of the molecule is CCCCCCCC/C=C\CCCCCCCCNC(=O)C(CCCC(=N)N)NC(=O)CCCCCCC/C=C\CCCCCCCC. The van der Waals surface area contributed by atoms with Crippen molar-refractivity contribution in [2.24, 2.45) is 5.73 Å². The van der Waals surface area contributed by atoms with E-state index in [0.717, 1.165) is 38.5 Å². The van der Waals surface area contributed by atoms with E-state index in [9.17, 15) is 9.59 Å². The van der Waals surface area contributed by atoms with Crippen LogP contribution < -0.4 is 16.4 Å². The molecule has 0 aromatic rings. The zero-order valence-corrected chi connectivity index (χ0v) is 31.9. The highest BCUT2D eigenvalue weighted by molar-refractivity contribution is 5.87. The summed E-state index contributed by atoms with van der Waals surface area (Å²) in [5, 5.41) is 13.5. The van der Waals surface area contributed by atoms with Crippen molar-refractivity contribution in [1.29, 1.82) is 5.41 Å². The Balaban J connectivity index is 3.95. The summed E-state index contributed by atoms with van der Waals surface area (Å²) in [6, 6.07) is -0.547. The summed E-state index contributed by atoms with van der Waals surface area (Å²) < 4.78 is 0. The van der Waals surface area contributed by atoms with Gasteiger partial charge in [-0.3, -0.25) is 15.0 Å². The van der Waals surface area contributed by atoms with Crippen LogP contribution in [0.2, 0.25) is 0 Å². The summed E-state index contributed by atoms with van der Waals surface area (Å²) in [6.45, 7) is 5.18. The molecule has 6 nitrogen and oxygen atoms in total. The molecule has 0 fully saturated rings. The quantitative estimate of drug-likeness (QED) is 0.0228. The van der Waals surface area contributed by atoms with E-state index in [1.54, 1.807) is 0 Å². The molecule has 0 aliphatic carbocycles. The molecule has 0 rings (SSSR count). The van der Waals surface area contributed by atoms with Crippen LogP contribution in [0.15, 0.2) is 24.3 Å². The summed E-state index contributed by atoms with van der Waals surface area (Å²) in [5.41, 5.74) is 5.52. The molecule has 0 spiro atoms. The van der Waals surface area contributed by atoms with E-state index in [1.807, 2.05) is 0 Å². The Bertz CT molecular complexity index is 795. The first kappa shape index (κ1) is 45.9. The maximum atomic E-state index is 12.9. The van der Waals surface area contributed by atoms with Gasteiger partial charge in [0.15, 0.2) is 0 Å². The summed E-state index contributed by atoms with van der Waals surface area (Å²) >= 11 is 0. The Morgan fingerprint density at radius 3 is 1.38 bits per heavy atom. The minimum Gasteiger partial charge on any atom is -0.388 e. The molecule has 0 aromatic carbocycles. The molecule has 0 aliphatic rings. The van der Waals surface area contributed by atoms with Crippen LogP contribution in [0.5, 0.6) is 0 Å². The summed E-state index contributed by atoms with van der Waals surface area (Å²) in [6.07, 6.45) is 45.2. The van der Waals surface area contributed by atoms with Crippen molar-refractivity contribution < 1.29 is 9.59 Å². The number of carbonyl (C=O) groups excluding carboxylic acids is 2. The highest BCUT2D eigenvalue weighted by Crippen LogP contribution is 2.12. The van der Waals surface area contributed by atoms with Gasteiger partial charge in [-0.15, -0.1) is 0 Å². The molecule has 1 unspecified atom stereocenters. The molecule has 280 valence electrons. The lowest BCUT2D eigenvalue weighted by molar-refractivity contribution is -0.129. The Morgan fingerprint density at radius 1 is 0.542 bits per heavy atom. The van der Waals surface area contributed by atoms with Gasteiger partial charge in [0, 0.05) is 19.4 Å². The molecule has 0 radical (unpaired) electrons. The van der Waals surface area contributed by atoms with E-state index in [2.05, 4.69) is 48.8 Å². The number of nitrogens with one attached hydrogen (secondary N) is 3. The third-order valence-corrected chi connectivity index (χ3v) is 9.24. The maximum Gasteiger partial charge on any atom is 0.242 e. The van der Waals surface area contributed by atoms with Crippen molar-refractivity contribution in [2.75, 3.05) is 6.54 Å². The van der Waals surface area contributed by atoms with E-state index < -0.39 is 6.04 Å². The fraction of sp³-hybridized carbons (Fsp3) is 0.833. The van der Waals surface area contributed by atoms with Crippen LogP contribution in [0.25, 0.3) is 0 Å². The number of amides is 2. The molecular formula is C42H80N4O2. The largest absolute Gasteiger partial charge is 0.388 e. The molecule has 0 aliphatic heterocycles. The van der Waals surface area contributed by atoms with Crippen LogP contribution in [0.1, 0.15) is 213 Å². The average molecular weight is 673 g/mol. The third kappa shape index (κ3) is 35.2. The molecule has 0 aromatic heterocycles. The van der Waals surface area contributed by atoms with Gasteiger partial charge in [-0.25, -0.2) is 0 Å². The number of hydrogen-bond donors (Lipinski definition) is 4. The molecule has 0 heterocycles. The van der Waals surface area contributed by atoms with Gasteiger partial charge in [0.2, 0.25) is 11.8 Å². The number of hydrogen-bond acceptors (Lipinski definition) is 3. The second-order valence-corrected chi connectivity index (χ2v) is 14.1. The summed E-state index contributed by atoms with van der Waals surface area (Å²) in [4.78, 5) is 25.6. The zero-order chi connectivity index (χ0) is 35.2. The van der Waals surface area contributed by atoms with Crippen LogP contribution >= 0.6 is 0 Å². The zero-order valence-electron chi connectivity index (χ0n) is 31.9. The second kappa shape index (κ2) is 37.7. The lowest BCUT2D eigenvalue weighted by Gasteiger charge is -2.18. The Hall–Kier alpha value is -2.11. The van der Waals surface area contributed by atoms with Crippen molar-refractivity contribution in [3.05, 3.63) is 24.3 Å². The molecule has 1 atom stereocenters. The van der Waals surface area contributed by atoms with Crippen molar-refractivity contribution >= 4 is 17.6 Å². The third-order valence-electron chi connectivity index (χ3n) is 9.24. The minimum absolute atomic E-state index is 0.0483. The fourth-order valence-electron chi connectivity index (χ4n) is 6.10. The Labute approximate surface area is 298 Å². The highest BCUT2D eigenvalue weighted by Gasteiger charge is 2.20. The van der Waals surface area contributed by atoms with Gasteiger partial charge in [0.05, 0.1) is 5.84 Å². The van der Waals surface area contributed by atoms with Gasteiger partial charge in [0.25, 0.3) is 0 Å². The van der Waals surface area contributed by atoms with E-state index in [0.29, 0.717) is 32.2 Å². The first-order valence-electron chi connectivity index (χ1n) is 20.7. The average Bonchev–Trinajstić information content (AvgIpc) is 3.07. The first-order valence-corrected chi connectivity index (χ1v) is 20.7. The van der Waals surface area contributed by atoms with Crippen LogP contribution in [0.3, 0.4) is 0 Å². The first-order chi connectivity index (χ1) is 23.5. The molecule has 2 amide bonds. The summed E-state index contributed by atoms with van der Waals surface area (Å²) in [5.74, 6) is -0.0324. The standard InChI is InChI=1S/C42H80N4O2/c1-3-5-7-9-11-13-15-17-19-21-23-25-27-29-31-33-38-45-42(48)39(35-34-36-40(43)44)46-41(47)37-32-30-28-26-24-22-20-18-16-14-12-10-8-6-4-2/h17-20,39H,3-16,21-38H2,1-2H3,(H3,43,44)(H,45,48)(H,46,47)/b19-17-,20-18-. The Morgan fingerprint density at radius 2 is 0.938 bits per heavy atom.